The Balaban J connectivity index is 1.47. The van der Waals surface area contributed by atoms with Crippen molar-refractivity contribution in [1.82, 2.24) is 14.4 Å². The van der Waals surface area contributed by atoms with Gasteiger partial charge in [-0.1, -0.05) is 42.5 Å². The number of phenols is 1. The van der Waals surface area contributed by atoms with Crippen molar-refractivity contribution in [2.24, 2.45) is 0 Å². The fourth-order valence-electron chi connectivity index (χ4n) is 6.38. The highest BCUT2D eigenvalue weighted by molar-refractivity contribution is 6.12. The van der Waals surface area contributed by atoms with Crippen molar-refractivity contribution >= 4 is 23.2 Å². The van der Waals surface area contributed by atoms with E-state index < -0.39 is 5.82 Å². The number of nitrogens with zero attached hydrogens (tertiary/aromatic N) is 4. The number of aromatic hydroxyl groups is 1. The van der Waals surface area contributed by atoms with Crippen LogP contribution in [0.2, 0.25) is 0 Å². The monoisotopic (exact) mass is 630 g/mol. The van der Waals surface area contributed by atoms with Gasteiger partial charge in [0.1, 0.15) is 11.6 Å². The zero-order chi connectivity index (χ0) is 33.2. The lowest BCUT2D eigenvalue weighted by atomic mass is 9.93. The summed E-state index contributed by atoms with van der Waals surface area (Å²) in [7, 11) is 3.94. The molecule has 0 saturated carbocycles. The first-order chi connectivity index (χ1) is 22.6. The van der Waals surface area contributed by atoms with Crippen LogP contribution in [-0.2, 0) is 19.5 Å². The van der Waals surface area contributed by atoms with E-state index in [-0.39, 0.29) is 23.6 Å². The highest BCUT2D eigenvalue weighted by Crippen LogP contribution is 2.35. The first-order valence-corrected chi connectivity index (χ1v) is 15.8. The average molecular weight is 631 g/mol. The van der Waals surface area contributed by atoms with Gasteiger partial charge in [0.05, 0.1) is 5.56 Å². The second-order valence-electron chi connectivity index (χ2n) is 12.4. The first-order valence-electron chi connectivity index (χ1n) is 15.8. The van der Waals surface area contributed by atoms with Gasteiger partial charge in [0.2, 0.25) is 0 Å². The third-order valence-electron chi connectivity index (χ3n) is 8.95. The number of hydrogen-bond acceptors (Lipinski definition) is 4. The van der Waals surface area contributed by atoms with E-state index in [1.54, 1.807) is 41.3 Å². The van der Waals surface area contributed by atoms with Gasteiger partial charge in [-0.05, 0) is 106 Å². The Kier molecular flexibility index (Phi) is 8.96. The van der Waals surface area contributed by atoms with E-state index >= 15 is 4.39 Å². The maximum Gasteiger partial charge on any atom is 0.264 e. The van der Waals surface area contributed by atoms with E-state index in [1.807, 2.05) is 90.8 Å². The van der Waals surface area contributed by atoms with Crippen LogP contribution in [0.25, 0.3) is 11.3 Å². The first kappa shape index (κ1) is 31.8. The van der Waals surface area contributed by atoms with Crippen LogP contribution in [-0.4, -0.2) is 58.0 Å². The summed E-state index contributed by atoms with van der Waals surface area (Å²) in [4.78, 5) is 34.4. The number of fused-ring (bicyclic) bond motifs is 1. The number of rotatable bonds is 8. The van der Waals surface area contributed by atoms with Gasteiger partial charge in [0.15, 0.2) is 0 Å². The summed E-state index contributed by atoms with van der Waals surface area (Å²) >= 11 is 0. The van der Waals surface area contributed by atoms with Gasteiger partial charge in [0.25, 0.3) is 11.8 Å². The predicted octanol–water partition coefficient (Wildman–Crippen LogP) is 7.44. The number of benzene rings is 4. The molecule has 240 valence electrons. The van der Waals surface area contributed by atoms with Crippen LogP contribution in [0.15, 0.2) is 103 Å². The van der Waals surface area contributed by atoms with Crippen molar-refractivity contribution in [3.05, 3.63) is 137 Å². The van der Waals surface area contributed by atoms with Crippen molar-refractivity contribution in [3.8, 4) is 17.0 Å². The minimum atomic E-state index is -0.463. The van der Waals surface area contributed by atoms with Gasteiger partial charge >= 0.3 is 0 Å². The van der Waals surface area contributed by atoms with Crippen LogP contribution in [0.1, 0.15) is 44.5 Å². The lowest BCUT2D eigenvalue weighted by Crippen LogP contribution is -2.42. The highest BCUT2D eigenvalue weighted by Gasteiger charge is 2.31. The molecule has 0 aliphatic carbocycles. The molecule has 0 bridgehead atoms. The number of aromatic nitrogens is 1. The number of carbonyl (C=O) groups is 2. The summed E-state index contributed by atoms with van der Waals surface area (Å²) in [6.07, 6.45) is 0.738. The second kappa shape index (κ2) is 13.3. The third kappa shape index (κ3) is 6.42. The van der Waals surface area contributed by atoms with Crippen LogP contribution in [0.5, 0.6) is 5.75 Å². The standard InChI is InChI=1S/C39H39FN4O3/c1-26-22-28-10-8-9-11-29(28)25-43(26)38(46)34-19-14-30(40)23-36(34)37-24-35(27(2)42(37)21-20-41(3)4)39(47)44(31-12-6-5-7-13-31)32-15-17-33(45)18-16-32/h5-19,23-24,26,45H,20-22,25H2,1-4H3/t26-/m1/s1. The summed E-state index contributed by atoms with van der Waals surface area (Å²) in [6.45, 7) is 5.57. The third-order valence-corrected chi connectivity index (χ3v) is 8.95. The number of likely N-dealkylation sites (N-methyl/N-ethyl adjacent to an activating group) is 1. The second-order valence-corrected chi connectivity index (χ2v) is 12.4. The van der Waals surface area contributed by atoms with E-state index in [9.17, 15) is 14.7 Å². The molecule has 1 aliphatic heterocycles. The van der Waals surface area contributed by atoms with Crippen molar-refractivity contribution in [2.75, 3.05) is 25.5 Å². The maximum absolute atomic E-state index is 15.1. The molecule has 7 nitrogen and oxygen atoms in total. The quantitative estimate of drug-likeness (QED) is 0.194. The Labute approximate surface area is 275 Å². The number of hydrogen-bond donors (Lipinski definition) is 1. The lowest BCUT2D eigenvalue weighted by Gasteiger charge is -2.35. The van der Waals surface area contributed by atoms with Crippen LogP contribution in [0.4, 0.5) is 15.8 Å². The van der Waals surface area contributed by atoms with Crippen molar-refractivity contribution in [1.29, 1.82) is 0 Å². The molecule has 6 rings (SSSR count). The Hall–Kier alpha value is -5.21. The fraction of sp³-hybridized carbons (Fsp3) is 0.231. The molecule has 0 fully saturated rings. The van der Waals surface area contributed by atoms with Gasteiger partial charge in [-0.25, -0.2) is 4.39 Å². The van der Waals surface area contributed by atoms with E-state index in [4.69, 9.17) is 0 Å². The van der Waals surface area contributed by atoms with E-state index in [0.717, 1.165) is 12.0 Å². The Morgan fingerprint density at radius 2 is 1.51 bits per heavy atom. The largest absolute Gasteiger partial charge is 0.508 e. The zero-order valence-electron chi connectivity index (χ0n) is 27.2. The minimum Gasteiger partial charge on any atom is -0.508 e. The molecule has 1 N–H and O–H groups in total. The topological polar surface area (TPSA) is 69.0 Å². The molecule has 2 heterocycles. The SMILES string of the molecule is Cc1c(C(=O)N(c2ccccc2)c2ccc(O)cc2)cc(-c2cc(F)ccc2C(=O)N2Cc3ccccc3C[C@H]2C)n1CCN(C)C. The molecule has 1 atom stereocenters. The van der Waals surface area contributed by atoms with Gasteiger partial charge in [0, 0.05) is 59.6 Å². The van der Waals surface area contributed by atoms with Crippen LogP contribution in [0.3, 0.4) is 0 Å². The number of phenolic OH excluding ortho intramolecular Hbond substituents is 1. The Morgan fingerprint density at radius 1 is 0.851 bits per heavy atom. The Morgan fingerprint density at radius 3 is 2.21 bits per heavy atom. The fourth-order valence-corrected chi connectivity index (χ4v) is 6.38. The highest BCUT2D eigenvalue weighted by atomic mass is 19.1. The lowest BCUT2D eigenvalue weighted by molar-refractivity contribution is 0.0659. The van der Waals surface area contributed by atoms with Crippen LogP contribution >= 0.6 is 0 Å². The molecule has 47 heavy (non-hydrogen) atoms. The van der Waals surface area contributed by atoms with Crippen LogP contribution in [0, 0.1) is 12.7 Å². The van der Waals surface area contributed by atoms with Gasteiger partial charge < -0.3 is 19.5 Å². The van der Waals surface area contributed by atoms with Gasteiger partial charge in [-0.3, -0.25) is 14.5 Å². The van der Waals surface area contributed by atoms with Crippen molar-refractivity contribution in [2.45, 2.75) is 39.4 Å². The van der Waals surface area contributed by atoms with Gasteiger partial charge in [-0.15, -0.1) is 0 Å². The number of para-hydroxylation sites is 1. The molecular formula is C39H39FN4O3. The number of halogens is 1. The zero-order valence-corrected chi connectivity index (χ0v) is 27.2. The van der Waals surface area contributed by atoms with Gasteiger partial charge in [-0.2, -0.15) is 0 Å². The molecule has 1 aliphatic rings. The number of anilines is 2. The van der Waals surface area contributed by atoms with E-state index in [1.165, 1.54) is 17.7 Å². The summed E-state index contributed by atoms with van der Waals surface area (Å²) in [6, 6.07) is 30.0. The number of carbonyl (C=O) groups excluding carboxylic acids is 2. The molecular weight excluding hydrogens is 591 g/mol. The maximum atomic E-state index is 15.1. The summed E-state index contributed by atoms with van der Waals surface area (Å²) in [5, 5.41) is 9.96. The smallest absolute Gasteiger partial charge is 0.264 e. The molecule has 5 aromatic rings. The van der Waals surface area contributed by atoms with Crippen molar-refractivity contribution in [3.63, 3.8) is 0 Å². The van der Waals surface area contributed by atoms with Crippen molar-refractivity contribution < 1.29 is 19.1 Å². The van der Waals surface area contributed by atoms with Crippen LogP contribution < -0.4 is 4.90 Å². The molecule has 4 aromatic carbocycles. The molecule has 8 heteroatoms. The molecule has 0 radical (unpaired) electrons. The average Bonchev–Trinajstić information content (AvgIpc) is 3.40. The molecule has 1 aromatic heterocycles. The number of amides is 2. The Bertz CT molecular complexity index is 1920. The van der Waals surface area contributed by atoms with E-state index in [0.29, 0.717) is 59.1 Å². The summed E-state index contributed by atoms with van der Waals surface area (Å²) in [5.74, 6) is -0.829. The predicted molar refractivity (Wildman–Crippen MR) is 184 cm³/mol. The summed E-state index contributed by atoms with van der Waals surface area (Å²) < 4.78 is 17.1. The molecule has 0 unspecified atom stereocenters. The molecule has 0 saturated heterocycles. The minimum absolute atomic E-state index is 0.0422. The molecule has 0 spiro atoms. The normalized spacial score (nSPS) is 14.3. The summed E-state index contributed by atoms with van der Waals surface area (Å²) in [5.41, 5.74) is 6.14. The van der Waals surface area contributed by atoms with E-state index in [2.05, 4.69) is 6.07 Å². The molecule has 2 amide bonds.